The van der Waals surface area contributed by atoms with Crippen molar-refractivity contribution in [2.45, 2.75) is 0 Å². The van der Waals surface area contributed by atoms with Gasteiger partial charge in [0, 0.05) is 90.5 Å². The van der Waals surface area contributed by atoms with Gasteiger partial charge < -0.3 is 0 Å². The molecule has 16 aromatic rings. The Morgan fingerprint density at radius 2 is 0.524 bits per heavy atom. The molecular formula is C78H50N6. The summed E-state index contributed by atoms with van der Waals surface area (Å²) >= 11 is 0. The van der Waals surface area contributed by atoms with Gasteiger partial charge in [0.25, 0.3) is 0 Å². The number of hydrogen-bond donors (Lipinski definition) is 0. The van der Waals surface area contributed by atoms with Gasteiger partial charge in [0.2, 0.25) is 0 Å². The maximum atomic E-state index is 5.23. The summed E-state index contributed by atoms with van der Waals surface area (Å²) in [6, 6.07) is 97.6. The van der Waals surface area contributed by atoms with Crippen molar-refractivity contribution in [1.29, 1.82) is 0 Å². The Hall–Kier alpha value is -11.3. The van der Waals surface area contributed by atoms with Crippen LogP contribution in [0.1, 0.15) is 0 Å². The van der Waals surface area contributed by atoms with Crippen LogP contribution in [0.15, 0.2) is 304 Å². The van der Waals surface area contributed by atoms with Crippen LogP contribution < -0.4 is 0 Å². The first-order valence-electron chi connectivity index (χ1n) is 28.2. The second-order valence-electron chi connectivity index (χ2n) is 21.0. The van der Waals surface area contributed by atoms with Crippen LogP contribution in [0.5, 0.6) is 0 Å². The van der Waals surface area contributed by atoms with E-state index in [4.69, 9.17) is 9.97 Å². The molecule has 392 valence electrons. The predicted molar refractivity (Wildman–Crippen MR) is 348 cm³/mol. The number of benzene rings is 10. The van der Waals surface area contributed by atoms with Crippen LogP contribution in [0.2, 0.25) is 0 Å². The summed E-state index contributed by atoms with van der Waals surface area (Å²) < 4.78 is 0. The van der Waals surface area contributed by atoms with Crippen molar-refractivity contribution < 1.29 is 0 Å². The summed E-state index contributed by atoms with van der Waals surface area (Å²) in [6.07, 6.45) is 7.66. The van der Waals surface area contributed by atoms with Crippen LogP contribution in [0, 0.1) is 0 Å². The molecule has 6 heterocycles. The van der Waals surface area contributed by atoms with Crippen molar-refractivity contribution in [3.8, 4) is 89.5 Å². The summed E-state index contributed by atoms with van der Waals surface area (Å²) in [5, 5.41) is 9.21. The topological polar surface area (TPSA) is 77.3 Å². The van der Waals surface area contributed by atoms with Gasteiger partial charge in [0.05, 0.1) is 44.8 Å². The van der Waals surface area contributed by atoms with E-state index in [2.05, 4.69) is 257 Å². The number of aromatic nitrogens is 6. The third-order valence-corrected chi connectivity index (χ3v) is 15.9. The lowest BCUT2D eigenvalue weighted by atomic mass is 9.96. The minimum Gasteiger partial charge on any atom is -0.256 e. The van der Waals surface area contributed by atoms with E-state index >= 15 is 0 Å². The van der Waals surface area contributed by atoms with Gasteiger partial charge >= 0.3 is 0 Å². The molecule has 6 nitrogen and oxygen atoms in total. The summed E-state index contributed by atoms with van der Waals surface area (Å²) in [5.41, 5.74) is 21.4. The molecule has 0 aliphatic carbocycles. The lowest BCUT2D eigenvalue weighted by Crippen LogP contribution is -1.92. The quantitative estimate of drug-likeness (QED) is 0.151. The van der Waals surface area contributed by atoms with Crippen LogP contribution in [0.3, 0.4) is 0 Å². The molecule has 16 rings (SSSR count). The Labute approximate surface area is 485 Å². The Morgan fingerprint density at radius 1 is 0.202 bits per heavy atom. The van der Waals surface area contributed by atoms with E-state index in [0.29, 0.717) is 0 Å². The van der Waals surface area contributed by atoms with Crippen molar-refractivity contribution >= 4 is 65.2 Å². The zero-order valence-corrected chi connectivity index (χ0v) is 45.6. The Morgan fingerprint density at radius 3 is 0.940 bits per heavy atom. The minimum atomic E-state index is 0.953. The largest absolute Gasteiger partial charge is 0.256 e. The average Bonchev–Trinajstić information content (AvgIpc) is 3.70. The molecule has 0 aliphatic heterocycles. The molecule has 84 heavy (non-hydrogen) atoms. The van der Waals surface area contributed by atoms with Gasteiger partial charge in [0.15, 0.2) is 0 Å². The molecule has 0 radical (unpaired) electrons. The SMILES string of the molecule is c1ccc2c(-c3ccc(-c4ccnc5ccccc45)cc3)nc(-c3ccc(-c4ccnc5ccccc45)cc3)cc2c1.c1ccc2ncc(-c3ccc(-c4cc5ccccc5c(-c5ccc(-c6cnc7ccccc7c6)cc5)n4)cc3)cc2c1. The molecule has 0 aliphatic rings. The monoisotopic (exact) mass is 1070 g/mol. The maximum Gasteiger partial charge on any atom is 0.0787 e. The van der Waals surface area contributed by atoms with Crippen molar-refractivity contribution in [3.05, 3.63) is 304 Å². The molecule has 6 heteroatoms. The Bertz CT molecular complexity index is 5110. The summed E-state index contributed by atoms with van der Waals surface area (Å²) in [5.74, 6) is 0. The van der Waals surface area contributed by atoms with Crippen LogP contribution in [-0.4, -0.2) is 29.9 Å². The average molecular weight is 1070 g/mol. The van der Waals surface area contributed by atoms with Gasteiger partial charge in [-0.2, -0.15) is 0 Å². The molecule has 0 amide bonds. The van der Waals surface area contributed by atoms with Crippen molar-refractivity contribution in [2.24, 2.45) is 0 Å². The minimum absolute atomic E-state index is 0.953. The number of para-hydroxylation sites is 4. The van der Waals surface area contributed by atoms with E-state index in [9.17, 15) is 0 Å². The van der Waals surface area contributed by atoms with E-state index < -0.39 is 0 Å². The fraction of sp³-hybridized carbons (Fsp3) is 0. The number of nitrogens with zero attached hydrogens (tertiary/aromatic N) is 6. The molecule has 0 saturated heterocycles. The second kappa shape index (κ2) is 21.6. The summed E-state index contributed by atoms with van der Waals surface area (Å²) in [6.45, 7) is 0. The van der Waals surface area contributed by atoms with Gasteiger partial charge in [-0.15, -0.1) is 0 Å². The molecule has 0 bridgehead atoms. The van der Waals surface area contributed by atoms with Crippen LogP contribution in [-0.2, 0) is 0 Å². The third kappa shape index (κ3) is 9.63. The third-order valence-electron chi connectivity index (χ3n) is 15.9. The van der Waals surface area contributed by atoms with Crippen molar-refractivity contribution in [1.82, 2.24) is 29.9 Å². The molecule has 10 aromatic carbocycles. The van der Waals surface area contributed by atoms with Crippen LogP contribution in [0.25, 0.3) is 155 Å². The lowest BCUT2D eigenvalue weighted by molar-refractivity contribution is 1.35. The maximum absolute atomic E-state index is 5.23. The van der Waals surface area contributed by atoms with Gasteiger partial charge in [-0.1, -0.05) is 218 Å². The molecule has 6 aromatic heterocycles. The molecule has 0 saturated carbocycles. The fourth-order valence-corrected chi connectivity index (χ4v) is 11.6. The standard InChI is InChI=1S/2C39H25N3/c1-4-10-35-30(7-1)23-38(28-17-13-26(14-18-28)33-21-31-8-2-5-11-36(31)40-24-33)42-39(35)29-19-15-27(16-20-29)34-22-32-9-3-6-12-37(32)41-25-34;1-2-8-33-30(7-1)25-38(28-17-13-26(14-18-28)31-21-23-40-36-11-5-3-9-34(31)36)42-39(33)29-19-15-27(16-20-29)32-22-24-41-37-12-6-4-10-35(32)37/h2*1-25H. The van der Waals surface area contributed by atoms with Crippen molar-refractivity contribution in [2.75, 3.05) is 0 Å². The zero-order valence-electron chi connectivity index (χ0n) is 45.6. The highest BCUT2D eigenvalue weighted by Crippen LogP contribution is 2.37. The predicted octanol–water partition coefficient (Wildman–Crippen LogP) is 20.0. The van der Waals surface area contributed by atoms with Crippen molar-refractivity contribution in [3.63, 3.8) is 0 Å². The van der Waals surface area contributed by atoms with Gasteiger partial charge in [-0.25, -0.2) is 9.97 Å². The number of hydrogen-bond acceptors (Lipinski definition) is 6. The van der Waals surface area contributed by atoms with Gasteiger partial charge in [0.1, 0.15) is 0 Å². The molecular weight excluding hydrogens is 1020 g/mol. The number of rotatable bonds is 8. The molecule has 0 N–H and O–H groups in total. The Balaban J connectivity index is 0.000000143. The summed E-state index contributed by atoms with van der Waals surface area (Å²) in [4.78, 5) is 28.8. The first-order valence-corrected chi connectivity index (χ1v) is 28.2. The second-order valence-corrected chi connectivity index (χ2v) is 21.0. The lowest BCUT2D eigenvalue weighted by Gasteiger charge is -2.12. The van der Waals surface area contributed by atoms with E-state index in [0.717, 1.165) is 133 Å². The van der Waals surface area contributed by atoms with Crippen LogP contribution in [0.4, 0.5) is 0 Å². The summed E-state index contributed by atoms with van der Waals surface area (Å²) in [7, 11) is 0. The van der Waals surface area contributed by atoms with E-state index in [1.165, 1.54) is 21.9 Å². The highest BCUT2D eigenvalue weighted by molar-refractivity contribution is 6.00. The highest BCUT2D eigenvalue weighted by Gasteiger charge is 2.15. The van der Waals surface area contributed by atoms with E-state index in [-0.39, 0.29) is 0 Å². The molecule has 0 spiro atoms. The first-order chi connectivity index (χ1) is 41.6. The number of fused-ring (bicyclic) bond motifs is 6. The Kier molecular flexibility index (Phi) is 12.8. The highest BCUT2D eigenvalue weighted by atomic mass is 14.7. The fourth-order valence-electron chi connectivity index (χ4n) is 11.6. The van der Waals surface area contributed by atoms with E-state index in [1.54, 1.807) is 0 Å². The van der Waals surface area contributed by atoms with E-state index in [1.807, 2.05) is 67.3 Å². The number of pyridine rings is 6. The first kappa shape index (κ1) is 49.7. The normalized spacial score (nSPS) is 11.3. The van der Waals surface area contributed by atoms with Gasteiger partial charge in [-0.3, -0.25) is 19.9 Å². The smallest absolute Gasteiger partial charge is 0.0787 e. The van der Waals surface area contributed by atoms with Crippen LogP contribution >= 0.6 is 0 Å². The van der Waals surface area contributed by atoms with Gasteiger partial charge in [-0.05, 0) is 105 Å². The molecule has 0 unspecified atom stereocenters. The zero-order chi connectivity index (χ0) is 55.8. The molecule has 0 atom stereocenters. The molecule has 0 fully saturated rings.